The number of carbonyl (C=O) groups excluding carboxylic acids is 1. The summed E-state index contributed by atoms with van der Waals surface area (Å²) >= 11 is 0. The monoisotopic (exact) mass is 408 g/mol. The van der Waals surface area contributed by atoms with E-state index < -0.39 is 20.7 Å². The third kappa shape index (κ3) is 5.43. The lowest BCUT2D eigenvalue weighted by Gasteiger charge is -2.10. The van der Waals surface area contributed by atoms with E-state index >= 15 is 0 Å². The van der Waals surface area contributed by atoms with E-state index in [0.29, 0.717) is 5.75 Å². The SMILES string of the molecule is COc1ccc(S(=O)(=O)CCCC(=O)Nc2ccc([N+](=O)[O-])cc2OC)cc1. The number of ether oxygens (including phenoxy) is 2. The number of nitro benzene ring substituents is 1. The van der Waals surface area contributed by atoms with Crippen molar-refractivity contribution in [3.05, 3.63) is 52.6 Å². The van der Waals surface area contributed by atoms with Gasteiger partial charge in [0.1, 0.15) is 11.5 Å². The molecule has 0 aliphatic carbocycles. The number of nitrogens with one attached hydrogen (secondary N) is 1. The molecule has 0 aliphatic heterocycles. The maximum Gasteiger partial charge on any atom is 0.273 e. The predicted octanol–water partition coefficient (Wildman–Crippen LogP) is 2.80. The average Bonchev–Trinajstić information content (AvgIpc) is 2.68. The van der Waals surface area contributed by atoms with E-state index in [1.54, 1.807) is 12.1 Å². The normalized spacial score (nSPS) is 10.9. The third-order valence-electron chi connectivity index (χ3n) is 3.91. The summed E-state index contributed by atoms with van der Waals surface area (Å²) in [5.74, 6) is 0.0882. The number of benzene rings is 2. The Balaban J connectivity index is 1.94. The number of anilines is 1. The molecule has 0 aliphatic rings. The molecule has 2 rings (SSSR count). The van der Waals surface area contributed by atoms with Gasteiger partial charge in [-0.25, -0.2) is 8.42 Å². The summed E-state index contributed by atoms with van der Waals surface area (Å²) in [5, 5.41) is 13.4. The van der Waals surface area contributed by atoms with Gasteiger partial charge in [0.05, 0.1) is 41.5 Å². The number of carbonyl (C=O) groups is 1. The van der Waals surface area contributed by atoms with Crippen LogP contribution in [0.1, 0.15) is 12.8 Å². The number of non-ortho nitro benzene ring substituents is 1. The second-order valence-corrected chi connectivity index (χ2v) is 7.90. The molecular formula is C18H20N2O7S. The van der Waals surface area contributed by atoms with Gasteiger partial charge in [-0.15, -0.1) is 0 Å². The molecule has 0 heterocycles. The quantitative estimate of drug-likeness (QED) is 0.499. The number of methoxy groups -OCH3 is 2. The Morgan fingerprint density at radius 2 is 1.79 bits per heavy atom. The molecule has 2 aromatic rings. The van der Waals surface area contributed by atoms with Crippen molar-refractivity contribution < 1.29 is 27.6 Å². The Morgan fingerprint density at radius 3 is 2.36 bits per heavy atom. The van der Waals surface area contributed by atoms with Gasteiger partial charge in [-0.05, 0) is 36.8 Å². The lowest BCUT2D eigenvalue weighted by Crippen LogP contribution is -2.15. The Labute approximate surface area is 162 Å². The summed E-state index contributed by atoms with van der Waals surface area (Å²) in [4.78, 5) is 22.5. The van der Waals surface area contributed by atoms with E-state index in [-0.39, 0.29) is 40.6 Å². The van der Waals surface area contributed by atoms with Gasteiger partial charge in [-0.1, -0.05) is 0 Å². The van der Waals surface area contributed by atoms with Crippen LogP contribution in [0.25, 0.3) is 0 Å². The first-order chi connectivity index (χ1) is 13.3. The highest BCUT2D eigenvalue weighted by Crippen LogP contribution is 2.29. The van der Waals surface area contributed by atoms with Crippen molar-refractivity contribution in [3.63, 3.8) is 0 Å². The average molecular weight is 408 g/mol. The van der Waals surface area contributed by atoms with Crippen LogP contribution in [0.5, 0.6) is 11.5 Å². The van der Waals surface area contributed by atoms with Gasteiger partial charge in [0.2, 0.25) is 5.91 Å². The van der Waals surface area contributed by atoms with Crippen molar-refractivity contribution in [2.45, 2.75) is 17.7 Å². The van der Waals surface area contributed by atoms with Crippen LogP contribution < -0.4 is 14.8 Å². The van der Waals surface area contributed by atoms with Crippen LogP contribution in [0.15, 0.2) is 47.4 Å². The Morgan fingerprint density at radius 1 is 1.11 bits per heavy atom. The highest BCUT2D eigenvalue weighted by molar-refractivity contribution is 7.91. The van der Waals surface area contributed by atoms with Crippen LogP contribution >= 0.6 is 0 Å². The van der Waals surface area contributed by atoms with Crippen LogP contribution in [0.4, 0.5) is 11.4 Å². The molecule has 0 fully saturated rings. The highest BCUT2D eigenvalue weighted by Gasteiger charge is 2.17. The summed E-state index contributed by atoms with van der Waals surface area (Å²) in [5.41, 5.74) is 0.108. The van der Waals surface area contributed by atoms with Crippen LogP contribution in [0.2, 0.25) is 0 Å². The highest BCUT2D eigenvalue weighted by atomic mass is 32.2. The number of nitro groups is 1. The Kier molecular flexibility index (Phi) is 6.94. The minimum atomic E-state index is -3.52. The van der Waals surface area contributed by atoms with E-state index in [0.717, 1.165) is 0 Å². The summed E-state index contributed by atoms with van der Waals surface area (Å²) in [6.07, 6.45) is 0.0883. The molecule has 0 atom stereocenters. The van der Waals surface area contributed by atoms with Crippen LogP contribution in [0, 0.1) is 10.1 Å². The molecule has 2 aromatic carbocycles. The maximum atomic E-state index is 12.3. The molecule has 9 nitrogen and oxygen atoms in total. The molecule has 0 bridgehead atoms. The van der Waals surface area contributed by atoms with Gasteiger partial charge in [0.25, 0.3) is 5.69 Å². The topological polar surface area (TPSA) is 125 Å². The number of nitrogens with zero attached hydrogens (tertiary/aromatic N) is 1. The molecule has 0 aromatic heterocycles. The van der Waals surface area contributed by atoms with E-state index in [4.69, 9.17) is 9.47 Å². The first-order valence-electron chi connectivity index (χ1n) is 8.26. The first-order valence-corrected chi connectivity index (χ1v) is 9.91. The molecule has 1 N–H and O–H groups in total. The summed E-state index contributed by atoms with van der Waals surface area (Å²) in [6.45, 7) is 0. The van der Waals surface area contributed by atoms with Gasteiger partial charge >= 0.3 is 0 Å². The second-order valence-electron chi connectivity index (χ2n) is 5.79. The number of hydrogen-bond donors (Lipinski definition) is 1. The van der Waals surface area contributed by atoms with E-state index in [2.05, 4.69) is 5.32 Å². The van der Waals surface area contributed by atoms with Gasteiger partial charge in [-0.2, -0.15) is 0 Å². The minimum absolute atomic E-state index is 0.0322. The Hall–Kier alpha value is -3.14. The number of sulfone groups is 1. The lowest BCUT2D eigenvalue weighted by atomic mass is 10.2. The molecular weight excluding hydrogens is 388 g/mol. The van der Waals surface area contributed by atoms with Crippen molar-refractivity contribution >= 4 is 27.1 Å². The molecule has 0 spiro atoms. The molecule has 0 saturated carbocycles. The van der Waals surface area contributed by atoms with E-state index in [9.17, 15) is 23.3 Å². The zero-order valence-electron chi connectivity index (χ0n) is 15.4. The predicted molar refractivity (Wildman–Crippen MR) is 103 cm³/mol. The summed E-state index contributed by atoms with van der Waals surface area (Å²) < 4.78 is 34.7. The van der Waals surface area contributed by atoms with Gasteiger partial charge in [0.15, 0.2) is 9.84 Å². The van der Waals surface area contributed by atoms with E-state index in [1.165, 1.54) is 44.6 Å². The van der Waals surface area contributed by atoms with Crippen LogP contribution in [-0.2, 0) is 14.6 Å². The standard InChI is InChI=1S/C18H20N2O7S/c1-26-14-6-8-15(9-7-14)28(24,25)11-3-4-18(21)19-16-10-5-13(20(22)23)12-17(16)27-2/h5-10,12H,3-4,11H2,1-2H3,(H,19,21). The van der Waals surface area contributed by atoms with Crippen LogP contribution in [-0.4, -0.2) is 39.2 Å². The molecule has 150 valence electrons. The van der Waals surface area contributed by atoms with Crippen molar-refractivity contribution in [2.75, 3.05) is 25.3 Å². The first kappa shape index (κ1) is 21.2. The second kappa shape index (κ2) is 9.18. The fraction of sp³-hybridized carbons (Fsp3) is 0.278. The molecule has 1 amide bonds. The van der Waals surface area contributed by atoms with Crippen molar-refractivity contribution in [1.82, 2.24) is 0 Å². The molecule has 10 heteroatoms. The Bertz CT molecular complexity index is 956. The summed E-state index contributed by atoms with van der Waals surface area (Å²) in [7, 11) is -0.699. The number of hydrogen-bond acceptors (Lipinski definition) is 7. The molecule has 0 saturated heterocycles. The zero-order valence-corrected chi connectivity index (χ0v) is 16.2. The van der Waals surface area contributed by atoms with Gasteiger partial charge < -0.3 is 14.8 Å². The molecule has 0 radical (unpaired) electrons. The third-order valence-corrected chi connectivity index (χ3v) is 5.72. The zero-order chi connectivity index (χ0) is 20.7. The number of amides is 1. The fourth-order valence-electron chi connectivity index (χ4n) is 2.43. The van der Waals surface area contributed by atoms with Crippen molar-refractivity contribution in [3.8, 4) is 11.5 Å². The maximum absolute atomic E-state index is 12.3. The van der Waals surface area contributed by atoms with Crippen LogP contribution in [0.3, 0.4) is 0 Å². The summed E-state index contributed by atoms with van der Waals surface area (Å²) in [6, 6.07) is 9.83. The lowest BCUT2D eigenvalue weighted by molar-refractivity contribution is -0.384. The molecule has 0 unspecified atom stereocenters. The van der Waals surface area contributed by atoms with Crippen molar-refractivity contribution in [1.29, 1.82) is 0 Å². The smallest absolute Gasteiger partial charge is 0.273 e. The molecule has 28 heavy (non-hydrogen) atoms. The van der Waals surface area contributed by atoms with Crippen molar-refractivity contribution in [2.24, 2.45) is 0 Å². The minimum Gasteiger partial charge on any atom is -0.497 e. The largest absolute Gasteiger partial charge is 0.497 e. The number of rotatable bonds is 9. The van der Waals surface area contributed by atoms with Gasteiger partial charge in [-0.3, -0.25) is 14.9 Å². The van der Waals surface area contributed by atoms with E-state index in [1.807, 2.05) is 0 Å². The fourth-order valence-corrected chi connectivity index (χ4v) is 3.74. The van der Waals surface area contributed by atoms with Gasteiger partial charge in [0, 0.05) is 12.5 Å².